The number of hydrogen-bond donors (Lipinski definition) is 1. The van der Waals surface area contributed by atoms with Gasteiger partial charge in [0.1, 0.15) is 5.75 Å². The topological polar surface area (TPSA) is 38.3 Å². The third kappa shape index (κ3) is 5.36. The van der Waals surface area contributed by atoms with Crippen LogP contribution in [-0.4, -0.2) is 12.0 Å². The second-order valence-corrected chi connectivity index (χ2v) is 7.19. The minimum absolute atomic E-state index is 0.0213. The summed E-state index contributed by atoms with van der Waals surface area (Å²) < 4.78 is 45.6. The lowest BCUT2D eigenvalue weighted by atomic mass is 10.2. The molecule has 0 saturated carbocycles. The Morgan fingerprint density at radius 3 is 2.48 bits per heavy atom. The molecule has 1 amide bonds. The Morgan fingerprint density at radius 1 is 1.20 bits per heavy atom. The van der Waals surface area contributed by atoms with E-state index >= 15 is 0 Å². The number of halogens is 6. The summed E-state index contributed by atoms with van der Waals surface area (Å²) in [5, 5.41) is 1.95. The van der Waals surface area contributed by atoms with Crippen LogP contribution < -0.4 is 10.1 Å². The molecule has 0 aliphatic rings. The molecule has 0 unspecified atom stereocenters. The number of amides is 1. The maximum Gasteiger partial charge on any atom is 0.417 e. The van der Waals surface area contributed by atoms with E-state index in [0.29, 0.717) is 10.2 Å². The van der Waals surface area contributed by atoms with Crippen molar-refractivity contribution in [1.29, 1.82) is 0 Å². The van der Waals surface area contributed by atoms with Crippen molar-refractivity contribution in [2.45, 2.75) is 19.2 Å². The Morgan fingerprint density at radius 2 is 1.88 bits per heavy atom. The first-order valence-electron chi connectivity index (χ1n) is 6.87. The molecule has 1 atom stereocenters. The molecule has 0 heterocycles. The first-order valence-corrected chi connectivity index (χ1v) is 8.83. The highest BCUT2D eigenvalue weighted by Gasteiger charge is 2.33. The maximum atomic E-state index is 12.9. The van der Waals surface area contributed by atoms with Crippen molar-refractivity contribution < 1.29 is 22.7 Å². The zero-order valence-electron chi connectivity index (χ0n) is 12.6. The highest BCUT2D eigenvalue weighted by atomic mass is 79.9. The summed E-state index contributed by atoms with van der Waals surface area (Å²) in [4.78, 5) is 12.2. The number of alkyl halides is 3. The van der Waals surface area contributed by atoms with Crippen molar-refractivity contribution in [2.24, 2.45) is 0 Å². The first kappa shape index (κ1) is 20.1. The summed E-state index contributed by atoms with van der Waals surface area (Å²) in [6.45, 7) is 1.49. The molecule has 2 aromatic carbocycles. The minimum Gasteiger partial charge on any atom is -0.480 e. The summed E-state index contributed by atoms with van der Waals surface area (Å²) in [5.74, 6) is -0.164. The van der Waals surface area contributed by atoms with Crippen LogP contribution in [0.25, 0.3) is 0 Å². The van der Waals surface area contributed by atoms with E-state index in [4.69, 9.17) is 16.3 Å². The number of hydrogen-bond acceptors (Lipinski definition) is 2. The van der Waals surface area contributed by atoms with Gasteiger partial charge < -0.3 is 10.1 Å². The number of benzene rings is 2. The van der Waals surface area contributed by atoms with Gasteiger partial charge in [0.05, 0.1) is 15.1 Å². The number of ether oxygens (including phenoxy) is 1. The van der Waals surface area contributed by atoms with Crippen LogP contribution in [-0.2, 0) is 11.0 Å². The van der Waals surface area contributed by atoms with Crippen LogP contribution in [0, 0.1) is 0 Å². The SMILES string of the molecule is C[C@H](Oc1ccc(Br)cc1Br)C(=O)Nc1ccc(Cl)c(C(F)(F)F)c1. The third-order valence-electron chi connectivity index (χ3n) is 3.11. The Labute approximate surface area is 163 Å². The van der Waals surface area contributed by atoms with Crippen molar-refractivity contribution >= 4 is 55.1 Å². The Hall–Kier alpha value is -1.25. The fourth-order valence-electron chi connectivity index (χ4n) is 1.88. The lowest BCUT2D eigenvalue weighted by Gasteiger charge is -2.17. The quantitative estimate of drug-likeness (QED) is 0.535. The normalized spacial score (nSPS) is 12.6. The van der Waals surface area contributed by atoms with Gasteiger partial charge in [0, 0.05) is 10.2 Å². The fourth-order valence-corrected chi connectivity index (χ4v) is 3.24. The van der Waals surface area contributed by atoms with Gasteiger partial charge in [-0.3, -0.25) is 4.79 Å². The molecular weight excluding hydrogens is 490 g/mol. The molecular formula is C16H11Br2ClF3NO2. The first-order chi connectivity index (χ1) is 11.6. The Bertz CT molecular complexity index is 799. The van der Waals surface area contributed by atoms with Crippen molar-refractivity contribution in [3.05, 3.63) is 55.9 Å². The van der Waals surface area contributed by atoms with E-state index in [1.807, 2.05) is 0 Å². The standard InChI is InChI=1S/C16H11Br2ClF3NO2/c1-8(25-14-5-2-9(17)6-12(14)18)15(24)23-10-3-4-13(19)11(7-10)16(20,21)22/h2-8H,1H3,(H,23,24)/t8-/m0/s1. The Kier molecular flexibility index (Phi) is 6.40. The summed E-state index contributed by atoms with van der Waals surface area (Å²) >= 11 is 12.2. The van der Waals surface area contributed by atoms with E-state index in [-0.39, 0.29) is 5.69 Å². The molecule has 1 N–H and O–H groups in total. The van der Waals surface area contributed by atoms with Crippen LogP contribution in [0.1, 0.15) is 12.5 Å². The van der Waals surface area contributed by atoms with Crippen LogP contribution in [0.2, 0.25) is 5.02 Å². The summed E-state index contributed by atoms with van der Waals surface area (Å²) in [6, 6.07) is 8.29. The summed E-state index contributed by atoms with van der Waals surface area (Å²) in [6.07, 6.45) is -5.54. The van der Waals surface area contributed by atoms with Gasteiger partial charge in [0.15, 0.2) is 6.10 Å². The van der Waals surface area contributed by atoms with Gasteiger partial charge in [0.25, 0.3) is 5.91 Å². The molecule has 25 heavy (non-hydrogen) atoms. The van der Waals surface area contributed by atoms with E-state index < -0.39 is 28.8 Å². The van der Waals surface area contributed by atoms with Gasteiger partial charge >= 0.3 is 6.18 Å². The zero-order valence-corrected chi connectivity index (χ0v) is 16.6. The zero-order chi connectivity index (χ0) is 18.8. The second-order valence-electron chi connectivity index (χ2n) is 5.02. The van der Waals surface area contributed by atoms with E-state index in [1.54, 1.807) is 18.2 Å². The fraction of sp³-hybridized carbons (Fsp3) is 0.188. The number of rotatable bonds is 4. The summed E-state index contributed by atoms with van der Waals surface area (Å²) in [5.41, 5.74) is -1.04. The largest absolute Gasteiger partial charge is 0.480 e. The van der Waals surface area contributed by atoms with E-state index in [2.05, 4.69) is 37.2 Å². The van der Waals surface area contributed by atoms with Crippen LogP contribution >= 0.6 is 43.5 Å². The van der Waals surface area contributed by atoms with Gasteiger partial charge in [-0.05, 0) is 59.3 Å². The maximum absolute atomic E-state index is 12.9. The molecule has 9 heteroatoms. The van der Waals surface area contributed by atoms with Crippen LogP contribution in [0.3, 0.4) is 0 Å². The van der Waals surface area contributed by atoms with Crippen molar-refractivity contribution in [3.63, 3.8) is 0 Å². The summed E-state index contributed by atoms with van der Waals surface area (Å²) in [7, 11) is 0. The molecule has 0 saturated heterocycles. The molecule has 0 aromatic heterocycles. The number of anilines is 1. The monoisotopic (exact) mass is 499 g/mol. The van der Waals surface area contributed by atoms with Crippen molar-refractivity contribution in [2.75, 3.05) is 5.32 Å². The third-order valence-corrected chi connectivity index (χ3v) is 4.55. The van der Waals surface area contributed by atoms with Gasteiger partial charge in [-0.25, -0.2) is 0 Å². The average molecular weight is 502 g/mol. The highest BCUT2D eigenvalue weighted by molar-refractivity contribution is 9.11. The van der Waals surface area contributed by atoms with E-state index in [0.717, 1.165) is 16.6 Å². The van der Waals surface area contributed by atoms with Gasteiger partial charge in [-0.2, -0.15) is 13.2 Å². The van der Waals surface area contributed by atoms with Gasteiger partial charge in [0.2, 0.25) is 0 Å². The predicted molar refractivity (Wildman–Crippen MR) is 97.0 cm³/mol. The number of carbonyl (C=O) groups is 1. The second kappa shape index (κ2) is 7.97. The van der Waals surface area contributed by atoms with E-state index in [9.17, 15) is 18.0 Å². The molecule has 0 spiro atoms. The Balaban J connectivity index is 2.11. The van der Waals surface area contributed by atoms with Gasteiger partial charge in [-0.15, -0.1) is 0 Å². The molecule has 134 valence electrons. The van der Waals surface area contributed by atoms with Crippen molar-refractivity contribution in [1.82, 2.24) is 0 Å². The molecule has 3 nitrogen and oxygen atoms in total. The lowest BCUT2D eigenvalue weighted by Crippen LogP contribution is -2.30. The molecule has 2 aromatic rings. The number of nitrogens with one attached hydrogen (secondary N) is 1. The van der Waals surface area contributed by atoms with Crippen LogP contribution in [0.5, 0.6) is 5.75 Å². The van der Waals surface area contributed by atoms with Crippen LogP contribution in [0.15, 0.2) is 45.3 Å². The van der Waals surface area contributed by atoms with Crippen LogP contribution in [0.4, 0.5) is 18.9 Å². The predicted octanol–water partition coefficient (Wildman–Crippen LogP) is 6.29. The highest BCUT2D eigenvalue weighted by Crippen LogP contribution is 2.36. The average Bonchev–Trinajstić information content (AvgIpc) is 2.50. The van der Waals surface area contributed by atoms with Gasteiger partial charge in [-0.1, -0.05) is 27.5 Å². The molecule has 0 aliphatic carbocycles. The minimum atomic E-state index is -4.61. The number of carbonyl (C=O) groups excluding carboxylic acids is 1. The molecule has 0 radical (unpaired) electrons. The lowest BCUT2D eigenvalue weighted by molar-refractivity contribution is -0.137. The van der Waals surface area contributed by atoms with E-state index in [1.165, 1.54) is 13.0 Å². The molecule has 0 fully saturated rings. The molecule has 0 bridgehead atoms. The molecule has 2 rings (SSSR count). The smallest absolute Gasteiger partial charge is 0.417 e. The van der Waals surface area contributed by atoms with Crippen molar-refractivity contribution in [3.8, 4) is 5.75 Å². The molecule has 0 aliphatic heterocycles.